The normalized spacial score (nSPS) is 25.1. The minimum Gasteiger partial charge on any atom is -0.348 e. The van der Waals surface area contributed by atoms with Gasteiger partial charge in [0.25, 0.3) is 0 Å². The molecule has 0 aromatic carbocycles. The first-order chi connectivity index (χ1) is 7.38. The molecule has 1 N–H and O–H groups in total. The van der Waals surface area contributed by atoms with Crippen molar-refractivity contribution in [2.24, 2.45) is 11.8 Å². The van der Waals surface area contributed by atoms with Gasteiger partial charge in [0.15, 0.2) is 8.69 Å². The van der Waals surface area contributed by atoms with E-state index in [-0.39, 0.29) is 0 Å². The first-order valence-corrected chi connectivity index (χ1v) is 7.45. The fourth-order valence-electron chi connectivity index (χ4n) is 3.21. The molecule has 2 aliphatic carbocycles. The average Bonchev–Trinajstić information content (AvgIpc) is 2.32. The van der Waals surface area contributed by atoms with Crippen molar-refractivity contribution in [1.82, 2.24) is 0 Å². The van der Waals surface area contributed by atoms with Crippen molar-refractivity contribution in [2.45, 2.75) is 64.2 Å². The van der Waals surface area contributed by atoms with E-state index < -0.39 is 8.69 Å². The zero-order chi connectivity index (χ0) is 10.9. The van der Waals surface area contributed by atoms with Crippen LogP contribution >= 0.6 is 8.69 Å². The lowest BCUT2D eigenvalue weighted by atomic mass is 9.73. The van der Waals surface area contributed by atoms with E-state index in [2.05, 4.69) is 0 Å². The lowest BCUT2D eigenvalue weighted by Gasteiger charge is -2.32. The third-order valence-electron chi connectivity index (χ3n) is 3.97. The van der Waals surface area contributed by atoms with Crippen LogP contribution in [0.3, 0.4) is 0 Å². The Hall–Kier alpha value is 0.190. The molecular formula is C12H25O2P. The summed E-state index contributed by atoms with van der Waals surface area (Å²) in [6, 6.07) is 0. The Morgan fingerprint density at radius 2 is 1.00 bits per heavy atom. The van der Waals surface area contributed by atoms with E-state index in [4.69, 9.17) is 9.46 Å². The molecule has 0 aliphatic heterocycles. The van der Waals surface area contributed by atoms with Gasteiger partial charge in [0.2, 0.25) is 0 Å². The summed E-state index contributed by atoms with van der Waals surface area (Å²) < 4.78 is 8.57. The lowest BCUT2D eigenvalue weighted by Crippen LogP contribution is -2.20. The second-order valence-corrected chi connectivity index (χ2v) is 5.11. The minimum atomic E-state index is -1.50. The Balaban J connectivity index is 0.000000337. The molecule has 1 unspecified atom stereocenters. The molecule has 0 spiro atoms. The molecule has 15 heavy (non-hydrogen) atoms. The summed E-state index contributed by atoms with van der Waals surface area (Å²) in [7, 11) is -1.50. The predicted octanol–water partition coefficient (Wildman–Crippen LogP) is 3.80. The van der Waals surface area contributed by atoms with Gasteiger partial charge in [-0.25, -0.2) is 0 Å². The third kappa shape index (κ3) is 5.17. The maximum absolute atomic E-state index is 8.57. The summed E-state index contributed by atoms with van der Waals surface area (Å²) in [5, 5.41) is 0. The topological polar surface area (TPSA) is 37.3 Å². The Morgan fingerprint density at radius 1 is 0.733 bits per heavy atom. The van der Waals surface area contributed by atoms with Crippen LogP contribution in [-0.2, 0) is 4.57 Å². The fraction of sp³-hybridized carbons (Fsp3) is 1.00. The van der Waals surface area contributed by atoms with Gasteiger partial charge in [-0.3, -0.25) is 4.57 Å². The summed E-state index contributed by atoms with van der Waals surface area (Å²) in [5.41, 5.74) is 0. The summed E-state index contributed by atoms with van der Waals surface area (Å²) in [6.45, 7) is 0. The van der Waals surface area contributed by atoms with Crippen molar-refractivity contribution in [1.29, 1.82) is 0 Å². The third-order valence-corrected chi connectivity index (χ3v) is 3.97. The van der Waals surface area contributed by atoms with Gasteiger partial charge >= 0.3 is 0 Å². The highest BCUT2D eigenvalue weighted by atomic mass is 31.1. The Labute approximate surface area is 94.7 Å². The van der Waals surface area contributed by atoms with Gasteiger partial charge in [-0.05, 0) is 11.8 Å². The van der Waals surface area contributed by atoms with Crippen molar-refractivity contribution >= 4 is 8.69 Å². The van der Waals surface area contributed by atoms with E-state index in [1.165, 1.54) is 38.5 Å². The molecule has 2 nitrogen and oxygen atoms in total. The first kappa shape index (κ1) is 13.3. The smallest absolute Gasteiger partial charge is 0.177 e. The lowest BCUT2D eigenvalue weighted by molar-refractivity contribution is 0.196. The molecule has 90 valence electrons. The van der Waals surface area contributed by atoms with Gasteiger partial charge in [-0.2, -0.15) is 0 Å². The van der Waals surface area contributed by atoms with E-state index in [1.54, 1.807) is 25.7 Å². The molecule has 2 rings (SSSR count). The van der Waals surface area contributed by atoms with Crippen molar-refractivity contribution in [2.75, 3.05) is 0 Å². The van der Waals surface area contributed by atoms with Gasteiger partial charge < -0.3 is 4.89 Å². The van der Waals surface area contributed by atoms with Crippen LogP contribution in [0.15, 0.2) is 0 Å². The zero-order valence-corrected chi connectivity index (χ0v) is 10.8. The molecule has 2 aliphatic rings. The van der Waals surface area contributed by atoms with Gasteiger partial charge in [-0.15, -0.1) is 0 Å². The van der Waals surface area contributed by atoms with E-state index in [0.29, 0.717) is 0 Å². The molecule has 2 saturated carbocycles. The summed E-state index contributed by atoms with van der Waals surface area (Å²) in [5.74, 6) is 2.28. The number of rotatable bonds is 1. The average molecular weight is 232 g/mol. The SMILES string of the molecule is C1CCC(C2CCCCC2)CC1.O=[PH2]O. The molecule has 2 fully saturated rings. The van der Waals surface area contributed by atoms with Crippen LogP contribution in [0.2, 0.25) is 0 Å². The largest absolute Gasteiger partial charge is 0.348 e. The van der Waals surface area contributed by atoms with E-state index in [1.807, 2.05) is 0 Å². The van der Waals surface area contributed by atoms with Gasteiger partial charge in [0, 0.05) is 0 Å². The second-order valence-electron chi connectivity index (χ2n) is 4.90. The second kappa shape index (κ2) is 8.35. The summed E-state index contributed by atoms with van der Waals surface area (Å²) in [6.07, 6.45) is 15.4. The highest BCUT2D eigenvalue weighted by molar-refractivity contribution is 7.16. The van der Waals surface area contributed by atoms with Crippen molar-refractivity contribution in [3.8, 4) is 0 Å². The highest BCUT2D eigenvalue weighted by Gasteiger charge is 2.24. The van der Waals surface area contributed by atoms with E-state index in [0.717, 1.165) is 11.8 Å². The van der Waals surface area contributed by atoms with Crippen LogP contribution in [0.25, 0.3) is 0 Å². The molecule has 0 heterocycles. The summed E-state index contributed by atoms with van der Waals surface area (Å²) >= 11 is 0. The minimum absolute atomic E-state index is 1.14. The first-order valence-electron chi connectivity index (χ1n) is 6.46. The molecule has 0 radical (unpaired) electrons. The van der Waals surface area contributed by atoms with Crippen LogP contribution in [0.4, 0.5) is 0 Å². The van der Waals surface area contributed by atoms with Crippen LogP contribution in [0.5, 0.6) is 0 Å². The maximum atomic E-state index is 8.57. The van der Waals surface area contributed by atoms with Crippen LogP contribution in [0, 0.1) is 11.8 Å². The van der Waals surface area contributed by atoms with Gasteiger partial charge in [0.1, 0.15) is 0 Å². The van der Waals surface area contributed by atoms with Crippen molar-refractivity contribution in [3.63, 3.8) is 0 Å². The molecule has 3 heteroatoms. The molecule has 0 saturated heterocycles. The molecule has 0 aromatic rings. The Morgan fingerprint density at radius 3 is 1.27 bits per heavy atom. The van der Waals surface area contributed by atoms with Gasteiger partial charge in [-0.1, -0.05) is 64.2 Å². The Bertz CT molecular complexity index is 145. The molecule has 0 amide bonds. The van der Waals surface area contributed by atoms with E-state index >= 15 is 0 Å². The number of hydrogen-bond donors (Lipinski definition) is 1. The van der Waals surface area contributed by atoms with Gasteiger partial charge in [0.05, 0.1) is 0 Å². The standard InChI is InChI=1S/C12H22.H3O2P/c1-3-7-11(8-4-1)12-9-5-2-6-10-12;1-3-2/h11-12H,1-10H2;3H2,(H,1,2). The molecular weight excluding hydrogens is 207 g/mol. The summed E-state index contributed by atoms with van der Waals surface area (Å²) in [4.78, 5) is 7.10. The molecule has 0 bridgehead atoms. The van der Waals surface area contributed by atoms with E-state index in [9.17, 15) is 0 Å². The quantitative estimate of drug-likeness (QED) is 0.698. The van der Waals surface area contributed by atoms with Crippen LogP contribution in [-0.4, -0.2) is 4.89 Å². The predicted molar refractivity (Wildman–Crippen MR) is 65.8 cm³/mol. The molecule has 0 aromatic heterocycles. The van der Waals surface area contributed by atoms with Crippen molar-refractivity contribution in [3.05, 3.63) is 0 Å². The monoisotopic (exact) mass is 232 g/mol. The number of hydrogen-bond acceptors (Lipinski definition) is 1. The fourth-order valence-corrected chi connectivity index (χ4v) is 3.21. The van der Waals surface area contributed by atoms with Crippen LogP contribution < -0.4 is 0 Å². The maximum Gasteiger partial charge on any atom is 0.177 e. The zero-order valence-electron chi connectivity index (χ0n) is 9.66. The molecule has 1 atom stereocenters. The van der Waals surface area contributed by atoms with Crippen molar-refractivity contribution < 1.29 is 9.46 Å². The van der Waals surface area contributed by atoms with Crippen LogP contribution in [0.1, 0.15) is 64.2 Å². The highest BCUT2D eigenvalue weighted by Crippen LogP contribution is 2.37. The Kier molecular flexibility index (Phi) is 7.38.